The van der Waals surface area contributed by atoms with Crippen LogP contribution in [0.3, 0.4) is 0 Å². The topological polar surface area (TPSA) is 26.3 Å². The molecule has 0 unspecified atom stereocenters. The summed E-state index contributed by atoms with van der Waals surface area (Å²) in [6.45, 7) is 2.00. The smallest absolute Gasteiger partial charge is 0.173 e. The van der Waals surface area contributed by atoms with Gasteiger partial charge in [0, 0.05) is 0 Å². The Morgan fingerprint density at radius 1 is 1.31 bits per heavy atom. The molecule has 1 aliphatic carbocycles. The fraction of sp³-hybridized carbons (Fsp3) is 0.417. The van der Waals surface area contributed by atoms with Crippen molar-refractivity contribution in [3.05, 3.63) is 29.0 Å². The Hall–Kier alpha value is -1.09. The Morgan fingerprint density at radius 3 is 2.50 bits per heavy atom. The van der Waals surface area contributed by atoms with Crippen LogP contribution in [0.5, 0.6) is 5.75 Å². The second kappa shape index (κ2) is 6.48. The Kier molecular flexibility index (Phi) is 5.26. The van der Waals surface area contributed by atoms with Gasteiger partial charge in [-0.05, 0) is 37.8 Å². The Morgan fingerprint density at radius 2 is 1.94 bits per heavy atom. The first-order chi connectivity index (χ1) is 7.77. The van der Waals surface area contributed by atoms with Gasteiger partial charge in [-0.2, -0.15) is 0 Å². The number of carbonyl (C=O) groups is 1. The van der Waals surface area contributed by atoms with Gasteiger partial charge in [-0.25, -0.2) is 4.39 Å². The number of hydrogen-bond donors (Lipinski definition) is 0. The van der Waals surface area contributed by atoms with Gasteiger partial charge in [0.1, 0.15) is 6.79 Å². The van der Waals surface area contributed by atoms with Crippen LogP contribution in [0.4, 0.5) is 4.39 Å². The lowest BCUT2D eigenvalue weighted by molar-refractivity contribution is -0.0979. The zero-order chi connectivity index (χ0) is 12.0. The monoisotopic (exact) mass is 244 g/mol. The van der Waals surface area contributed by atoms with E-state index >= 15 is 0 Å². The van der Waals surface area contributed by atoms with E-state index in [1.807, 2.05) is 6.79 Å². The summed E-state index contributed by atoms with van der Waals surface area (Å²) in [6, 6.07) is 4.60. The minimum absolute atomic E-state index is 0.143. The molecule has 0 N–H and O–H groups in total. The molecule has 1 aromatic carbocycles. The number of benzene rings is 1. The van der Waals surface area contributed by atoms with Crippen LogP contribution in [0.2, 0.25) is 5.02 Å². The number of rotatable bonds is 2. The van der Waals surface area contributed by atoms with E-state index in [1.54, 1.807) is 12.1 Å². The van der Waals surface area contributed by atoms with Crippen LogP contribution in [0.25, 0.3) is 0 Å². The van der Waals surface area contributed by atoms with E-state index in [-0.39, 0.29) is 17.7 Å². The van der Waals surface area contributed by atoms with Gasteiger partial charge in [0.05, 0.1) is 11.1 Å². The van der Waals surface area contributed by atoms with Crippen LogP contribution in [0.1, 0.15) is 25.7 Å². The van der Waals surface area contributed by atoms with Gasteiger partial charge in [0.15, 0.2) is 11.6 Å². The zero-order valence-corrected chi connectivity index (χ0v) is 9.67. The zero-order valence-electron chi connectivity index (χ0n) is 8.92. The first-order valence-corrected chi connectivity index (χ1v) is 5.54. The molecular formula is C12H14ClFO2. The molecule has 88 valence electrons. The van der Waals surface area contributed by atoms with Crippen molar-refractivity contribution in [1.29, 1.82) is 0 Å². The fourth-order valence-corrected chi connectivity index (χ4v) is 1.98. The summed E-state index contributed by atoms with van der Waals surface area (Å²) < 4.78 is 18.8. The van der Waals surface area contributed by atoms with Crippen LogP contribution in [0.15, 0.2) is 18.2 Å². The lowest BCUT2D eigenvalue weighted by Crippen LogP contribution is -2.12. The molecule has 1 saturated carbocycles. The van der Waals surface area contributed by atoms with Crippen LogP contribution < -0.4 is 4.74 Å². The number of hydrogen-bond acceptors (Lipinski definition) is 2. The molecule has 0 spiro atoms. The fourth-order valence-electron chi connectivity index (χ4n) is 1.77. The highest BCUT2D eigenvalue weighted by Crippen LogP contribution is 2.31. The third-order valence-electron chi connectivity index (χ3n) is 2.51. The highest BCUT2D eigenvalue weighted by atomic mass is 35.5. The molecule has 0 bridgehead atoms. The highest BCUT2D eigenvalue weighted by molar-refractivity contribution is 6.32. The largest absolute Gasteiger partial charge is 0.486 e. The van der Waals surface area contributed by atoms with Gasteiger partial charge >= 0.3 is 0 Å². The van der Waals surface area contributed by atoms with Gasteiger partial charge in [-0.1, -0.05) is 17.7 Å². The number of ether oxygens (including phenoxy) is 1. The quantitative estimate of drug-likeness (QED) is 0.794. The lowest BCUT2D eigenvalue weighted by atomic mass is 10.3. The summed E-state index contributed by atoms with van der Waals surface area (Å²) in [6.07, 6.45) is 4.48. The minimum Gasteiger partial charge on any atom is -0.486 e. The molecule has 1 fully saturated rings. The maximum absolute atomic E-state index is 13.3. The highest BCUT2D eigenvalue weighted by Gasteiger charge is 2.19. The molecule has 0 atom stereocenters. The number of para-hydroxylation sites is 1. The van der Waals surface area contributed by atoms with Crippen molar-refractivity contribution in [2.24, 2.45) is 0 Å². The van der Waals surface area contributed by atoms with Gasteiger partial charge in [-0.3, -0.25) is 0 Å². The van der Waals surface area contributed by atoms with Crippen LogP contribution in [-0.4, -0.2) is 12.9 Å². The molecule has 0 aromatic heterocycles. The minimum atomic E-state index is -0.371. The first-order valence-electron chi connectivity index (χ1n) is 5.17. The molecule has 0 amide bonds. The third-order valence-corrected chi connectivity index (χ3v) is 2.80. The summed E-state index contributed by atoms with van der Waals surface area (Å²) in [5.74, 6) is -0.162. The third kappa shape index (κ3) is 3.20. The Labute approximate surface area is 99.4 Å². The standard InChI is InChI=1S/C11H12ClFO.CH2O/c12-9-6-3-7-10(13)11(9)14-8-4-1-2-5-8;1-2/h3,6-8H,1-2,4-5H2;1H2. The predicted molar refractivity (Wildman–Crippen MR) is 61.4 cm³/mol. The lowest BCUT2D eigenvalue weighted by Gasteiger charge is -2.14. The molecule has 16 heavy (non-hydrogen) atoms. The SMILES string of the molecule is C=O.Fc1cccc(Cl)c1OC1CCCC1. The summed E-state index contributed by atoms with van der Waals surface area (Å²) in [5, 5.41) is 0.358. The van der Waals surface area contributed by atoms with Crippen molar-refractivity contribution < 1.29 is 13.9 Å². The van der Waals surface area contributed by atoms with E-state index in [2.05, 4.69) is 0 Å². The Balaban J connectivity index is 0.000000606. The molecule has 0 heterocycles. The Bertz CT molecular complexity index is 318. The van der Waals surface area contributed by atoms with Crippen molar-refractivity contribution in [3.8, 4) is 5.75 Å². The van der Waals surface area contributed by atoms with Crippen LogP contribution in [-0.2, 0) is 4.79 Å². The molecule has 1 aliphatic rings. The number of halogens is 2. The van der Waals surface area contributed by atoms with Gasteiger partial charge < -0.3 is 9.53 Å². The maximum atomic E-state index is 13.3. The summed E-state index contributed by atoms with van der Waals surface area (Å²) in [4.78, 5) is 8.00. The first kappa shape index (κ1) is 13.0. The second-order valence-corrected chi connectivity index (χ2v) is 3.98. The van der Waals surface area contributed by atoms with E-state index in [0.29, 0.717) is 5.02 Å². The molecule has 4 heteroatoms. The van der Waals surface area contributed by atoms with E-state index in [1.165, 1.54) is 6.07 Å². The molecule has 0 aliphatic heterocycles. The van der Waals surface area contributed by atoms with Gasteiger partial charge in [-0.15, -0.1) is 0 Å². The van der Waals surface area contributed by atoms with E-state index in [9.17, 15) is 4.39 Å². The van der Waals surface area contributed by atoms with Crippen molar-refractivity contribution in [1.82, 2.24) is 0 Å². The van der Waals surface area contributed by atoms with Crippen molar-refractivity contribution in [2.75, 3.05) is 0 Å². The molecule has 0 saturated heterocycles. The predicted octanol–water partition coefficient (Wildman–Crippen LogP) is 3.62. The van der Waals surface area contributed by atoms with Gasteiger partial charge in [0.25, 0.3) is 0 Å². The molecule has 1 aromatic rings. The molecule has 2 rings (SSSR count). The van der Waals surface area contributed by atoms with E-state index in [0.717, 1.165) is 25.7 Å². The van der Waals surface area contributed by atoms with E-state index in [4.69, 9.17) is 21.1 Å². The second-order valence-electron chi connectivity index (χ2n) is 3.58. The molecular weight excluding hydrogens is 231 g/mol. The van der Waals surface area contributed by atoms with Crippen molar-refractivity contribution in [2.45, 2.75) is 31.8 Å². The maximum Gasteiger partial charge on any atom is 0.173 e. The van der Waals surface area contributed by atoms with E-state index < -0.39 is 0 Å². The number of carbonyl (C=O) groups excluding carboxylic acids is 1. The van der Waals surface area contributed by atoms with Crippen LogP contribution in [0, 0.1) is 5.82 Å². The molecule has 0 radical (unpaired) electrons. The summed E-state index contributed by atoms with van der Waals surface area (Å²) >= 11 is 5.84. The summed E-state index contributed by atoms with van der Waals surface area (Å²) in [5.41, 5.74) is 0. The average Bonchev–Trinajstić information content (AvgIpc) is 2.79. The summed E-state index contributed by atoms with van der Waals surface area (Å²) in [7, 11) is 0. The van der Waals surface area contributed by atoms with Crippen LogP contribution >= 0.6 is 11.6 Å². The molecule has 2 nitrogen and oxygen atoms in total. The van der Waals surface area contributed by atoms with Crippen molar-refractivity contribution >= 4 is 18.4 Å². The van der Waals surface area contributed by atoms with Gasteiger partial charge in [0.2, 0.25) is 0 Å². The normalized spacial score (nSPS) is 15.4. The average molecular weight is 245 g/mol. The van der Waals surface area contributed by atoms with Crippen molar-refractivity contribution in [3.63, 3.8) is 0 Å².